The second-order valence-electron chi connectivity index (χ2n) is 4.44. The van der Waals surface area contributed by atoms with Crippen LogP contribution in [0.15, 0.2) is 24.3 Å². The highest BCUT2D eigenvalue weighted by molar-refractivity contribution is 5.40. The Labute approximate surface area is 91.1 Å². The summed E-state index contributed by atoms with van der Waals surface area (Å²) in [6, 6.07) is 8.36. The van der Waals surface area contributed by atoms with Crippen LogP contribution in [0.3, 0.4) is 0 Å². The maximum atomic E-state index is 10.2. The highest BCUT2D eigenvalue weighted by atomic mass is 16.3. The number of aliphatic hydroxyl groups is 1. The first-order chi connectivity index (χ1) is 7.24. The van der Waals surface area contributed by atoms with Crippen LogP contribution in [-0.4, -0.2) is 17.8 Å². The van der Waals surface area contributed by atoms with E-state index in [1.54, 1.807) is 0 Å². The van der Waals surface area contributed by atoms with Gasteiger partial charge < -0.3 is 10.8 Å². The number of aryl methyl sites for hydroxylation is 1. The predicted molar refractivity (Wildman–Crippen MR) is 61.8 cm³/mol. The van der Waals surface area contributed by atoms with Crippen molar-refractivity contribution in [1.82, 2.24) is 0 Å². The molecule has 2 atom stereocenters. The molecule has 1 aromatic rings. The van der Waals surface area contributed by atoms with E-state index in [0.29, 0.717) is 6.54 Å². The van der Waals surface area contributed by atoms with Crippen LogP contribution < -0.4 is 5.73 Å². The molecular formula is C13H19NO. The standard InChI is InChI=1S/C13H19NO/c1-2-12(15)13(9-14)8-7-10-5-3-4-6-11(10)13/h3-6,12,15H,2,7-9,14H2,1H3. The molecule has 0 bridgehead atoms. The monoisotopic (exact) mass is 205 g/mol. The summed E-state index contributed by atoms with van der Waals surface area (Å²) in [6.07, 6.45) is 2.49. The summed E-state index contributed by atoms with van der Waals surface area (Å²) < 4.78 is 0. The summed E-state index contributed by atoms with van der Waals surface area (Å²) in [4.78, 5) is 0. The molecule has 0 amide bonds. The van der Waals surface area contributed by atoms with Gasteiger partial charge >= 0.3 is 0 Å². The van der Waals surface area contributed by atoms with E-state index in [0.717, 1.165) is 19.3 Å². The topological polar surface area (TPSA) is 46.2 Å². The van der Waals surface area contributed by atoms with Crippen molar-refractivity contribution in [1.29, 1.82) is 0 Å². The molecule has 1 aliphatic carbocycles. The first kappa shape index (κ1) is 10.7. The Bertz CT molecular complexity index is 350. The summed E-state index contributed by atoms with van der Waals surface area (Å²) in [7, 11) is 0. The van der Waals surface area contributed by atoms with Gasteiger partial charge in [0.1, 0.15) is 0 Å². The molecule has 0 saturated heterocycles. The molecule has 0 aromatic heterocycles. The lowest BCUT2D eigenvalue weighted by atomic mass is 9.76. The molecule has 0 aliphatic heterocycles. The fourth-order valence-electron chi connectivity index (χ4n) is 2.80. The molecule has 2 rings (SSSR count). The Morgan fingerprint density at radius 1 is 1.47 bits per heavy atom. The molecule has 2 heteroatoms. The highest BCUT2D eigenvalue weighted by Gasteiger charge is 2.42. The van der Waals surface area contributed by atoms with Crippen molar-refractivity contribution in [3.05, 3.63) is 35.4 Å². The molecule has 2 unspecified atom stereocenters. The molecule has 15 heavy (non-hydrogen) atoms. The van der Waals surface area contributed by atoms with Gasteiger partial charge in [0.2, 0.25) is 0 Å². The van der Waals surface area contributed by atoms with Gasteiger partial charge in [-0.3, -0.25) is 0 Å². The Hall–Kier alpha value is -0.860. The van der Waals surface area contributed by atoms with Crippen LogP contribution in [0.1, 0.15) is 30.9 Å². The van der Waals surface area contributed by atoms with Crippen LogP contribution in [0.25, 0.3) is 0 Å². The number of hydrogen-bond donors (Lipinski definition) is 2. The maximum absolute atomic E-state index is 10.2. The van der Waals surface area contributed by atoms with E-state index in [9.17, 15) is 5.11 Å². The van der Waals surface area contributed by atoms with Gasteiger partial charge in [0.15, 0.2) is 0 Å². The van der Waals surface area contributed by atoms with Crippen molar-refractivity contribution in [3.63, 3.8) is 0 Å². The predicted octanol–water partition coefficient (Wildman–Crippen LogP) is 1.60. The van der Waals surface area contributed by atoms with Crippen LogP contribution in [-0.2, 0) is 11.8 Å². The second kappa shape index (κ2) is 3.95. The zero-order valence-electron chi connectivity index (χ0n) is 9.24. The molecule has 0 saturated carbocycles. The van der Waals surface area contributed by atoms with Gasteiger partial charge in [-0.25, -0.2) is 0 Å². The Morgan fingerprint density at radius 2 is 2.20 bits per heavy atom. The van der Waals surface area contributed by atoms with Crippen LogP contribution in [0, 0.1) is 0 Å². The fraction of sp³-hybridized carbons (Fsp3) is 0.538. The first-order valence-electron chi connectivity index (χ1n) is 5.71. The van der Waals surface area contributed by atoms with Crippen molar-refractivity contribution in [2.75, 3.05) is 6.54 Å². The molecule has 0 heterocycles. The molecule has 0 spiro atoms. The van der Waals surface area contributed by atoms with Crippen LogP contribution in [0.4, 0.5) is 0 Å². The van der Waals surface area contributed by atoms with Gasteiger partial charge in [0.25, 0.3) is 0 Å². The summed E-state index contributed by atoms with van der Waals surface area (Å²) in [5, 5.41) is 10.2. The summed E-state index contributed by atoms with van der Waals surface area (Å²) >= 11 is 0. The number of fused-ring (bicyclic) bond motifs is 1. The van der Waals surface area contributed by atoms with Crippen molar-refractivity contribution in [2.24, 2.45) is 5.73 Å². The number of aliphatic hydroxyl groups excluding tert-OH is 1. The van der Waals surface area contributed by atoms with E-state index < -0.39 is 0 Å². The molecule has 0 radical (unpaired) electrons. The SMILES string of the molecule is CCC(O)C1(CN)CCc2ccccc21. The van der Waals surface area contributed by atoms with Crippen molar-refractivity contribution < 1.29 is 5.11 Å². The quantitative estimate of drug-likeness (QED) is 0.787. The molecule has 1 aliphatic rings. The van der Waals surface area contributed by atoms with Crippen LogP contribution in [0.2, 0.25) is 0 Å². The lowest BCUT2D eigenvalue weighted by molar-refractivity contribution is 0.0806. The number of benzene rings is 1. The largest absolute Gasteiger partial charge is 0.392 e. The Balaban J connectivity index is 2.45. The van der Waals surface area contributed by atoms with Gasteiger partial charge in [-0.15, -0.1) is 0 Å². The van der Waals surface area contributed by atoms with Crippen molar-refractivity contribution in [2.45, 2.75) is 37.7 Å². The summed E-state index contributed by atoms with van der Waals surface area (Å²) in [5.74, 6) is 0. The lowest BCUT2D eigenvalue weighted by Gasteiger charge is -2.33. The van der Waals surface area contributed by atoms with E-state index in [1.807, 2.05) is 13.0 Å². The molecule has 1 aromatic carbocycles. The maximum Gasteiger partial charge on any atom is 0.0646 e. The van der Waals surface area contributed by atoms with Crippen molar-refractivity contribution in [3.8, 4) is 0 Å². The fourth-order valence-corrected chi connectivity index (χ4v) is 2.80. The Morgan fingerprint density at radius 3 is 2.87 bits per heavy atom. The van der Waals surface area contributed by atoms with Crippen LogP contribution in [0.5, 0.6) is 0 Å². The normalized spacial score (nSPS) is 26.3. The Kier molecular flexibility index (Phi) is 2.81. The van der Waals surface area contributed by atoms with E-state index in [1.165, 1.54) is 11.1 Å². The summed E-state index contributed by atoms with van der Waals surface area (Å²) in [6.45, 7) is 2.56. The van der Waals surface area contributed by atoms with Gasteiger partial charge in [-0.2, -0.15) is 0 Å². The van der Waals surface area contributed by atoms with E-state index >= 15 is 0 Å². The van der Waals surface area contributed by atoms with E-state index in [-0.39, 0.29) is 11.5 Å². The zero-order chi connectivity index (χ0) is 10.9. The third-order valence-corrected chi connectivity index (χ3v) is 3.78. The number of nitrogens with two attached hydrogens (primary N) is 1. The molecule has 3 N–H and O–H groups in total. The first-order valence-corrected chi connectivity index (χ1v) is 5.71. The molecule has 0 fully saturated rings. The minimum Gasteiger partial charge on any atom is -0.392 e. The minimum absolute atomic E-state index is 0.189. The molecular weight excluding hydrogens is 186 g/mol. The minimum atomic E-state index is -0.314. The van der Waals surface area contributed by atoms with E-state index in [2.05, 4.69) is 18.2 Å². The number of rotatable bonds is 3. The van der Waals surface area contributed by atoms with Gasteiger partial charge in [-0.1, -0.05) is 31.2 Å². The third kappa shape index (κ3) is 1.48. The van der Waals surface area contributed by atoms with Gasteiger partial charge in [0, 0.05) is 12.0 Å². The van der Waals surface area contributed by atoms with Gasteiger partial charge in [-0.05, 0) is 30.4 Å². The smallest absolute Gasteiger partial charge is 0.0646 e. The zero-order valence-corrected chi connectivity index (χ0v) is 9.24. The van der Waals surface area contributed by atoms with Crippen molar-refractivity contribution >= 4 is 0 Å². The molecule has 2 nitrogen and oxygen atoms in total. The highest BCUT2D eigenvalue weighted by Crippen LogP contribution is 2.41. The average molecular weight is 205 g/mol. The second-order valence-corrected chi connectivity index (χ2v) is 4.44. The van der Waals surface area contributed by atoms with E-state index in [4.69, 9.17) is 5.73 Å². The summed E-state index contributed by atoms with van der Waals surface area (Å²) in [5.41, 5.74) is 8.33. The lowest BCUT2D eigenvalue weighted by Crippen LogP contribution is -2.43. The average Bonchev–Trinajstić information content (AvgIpc) is 2.68. The van der Waals surface area contributed by atoms with Gasteiger partial charge in [0.05, 0.1) is 6.10 Å². The van der Waals surface area contributed by atoms with Crippen LogP contribution >= 0.6 is 0 Å². The number of hydrogen-bond acceptors (Lipinski definition) is 2. The third-order valence-electron chi connectivity index (χ3n) is 3.78. The molecule has 82 valence electrons.